The van der Waals surface area contributed by atoms with Crippen molar-refractivity contribution in [3.8, 4) is 5.75 Å². The fraction of sp³-hybridized carbons (Fsp3) is 0.538. The molecule has 0 unspecified atom stereocenters. The van der Waals surface area contributed by atoms with Crippen LogP contribution in [0, 0.1) is 10.1 Å². The number of nitro groups is 1. The number of ether oxygens (including phenoxy) is 1. The standard InChI is InChI=1S/C13H20N2O4S/c1-2-20-8-7-14-9-11(16)10-19-13-6-4-3-5-12(13)15(17)18/h3-6,11,14,16H,2,7-10H2,1H3/t11-/m0/s1. The molecule has 20 heavy (non-hydrogen) atoms. The third kappa shape index (κ3) is 6.23. The second-order valence-corrected chi connectivity index (χ2v) is 5.48. The molecular weight excluding hydrogens is 280 g/mol. The lowest BCUT2D eigenvalue weighted by atomic mass is 10.3. The maximum Gasteiger partial charge on any atom is 0.310 e. The summed E-state index contributed by atoms with van der Waals surface area (Å²) in [6.45, 7) is 3.35. The zero-order valence-corrected chi connectivity index (χ0v) is 12.3. The highest BCUT2D eigenvalue weighted by molar-refractivity contribution is 7.99. The van der Waals surface area contributed by atoms with E-state index < -0.39 is 11.0 Å². The molecule has 0 heterocycles. The van der Waals surface area contributed by atoms with Crippen LogP contribution in [-0.2, 0) is 0 Å². The van der Waals surface area contributed by atoms with E-state index in [-0.39, 0.29) is 18.0 Å². The van der Waals surface area contributed by atoms with E-state index in [2.05, 4.69) is 12.2 Å². The predicted octanol–water partition coefficient (Wildman–Crippen LogP) is 1.68. The first-order valence-electron chi connectivity index (χ1n) is 6.48. The van der Waals surface area contributed by atoms with Crippen LogP contribution in [0.2, 0.25) is 0 Å². The summed E-state index contributed by atoms with van der Waals surface area (Å²) in [5.74, 6) is 2.25. The summed E-state index contributed by atoms with van der Waals surface area (Å²) in [4.78, 5) is 10.3. The smallest absolute Gasteiger partial charge is 0.310 e. The number of para-hydroxylation sites is 2. The van der Waals surface area contributed by atoms with Gasteiger partial charge < -0.3 is 15.2 Å². The minimum Gasteiger partial charge on any atom is -0.484 e. The van der Waals surface area contributed by atoms with Gasteiger partial charge in [-0.25, -0.2) is 0 Å². The van der Waals surface area contributed by atoms with Crippen LogP contribution in [0.4, 0.5) is 5.69 Å². The Morgan fingerprint density at radius 2 is 2.25 bits per heavy atom. The van der Waals surface area contributed by atoms with Crippen LogP contribution in [0.3, 0.4) is 0 Å². The van der Waals surface area contributed by atoms with Gasteiger partial charge in [-0.05, 0) is 11.8 Å². The minimum atomic E-state index is -0.693. The van der Waals surface area contributed by atoms with Crippen molar-refractivity contribution in [1.29, 1.82) is 0 Å². The molecule has 1 aromatic rings. The van der Waals surface area contributed by atoms with Gasteiger partial charge in [0.2, 0.25) is 0 Å². The molecule has 6 nitrogen and oxygen atoms in total. The molecular formula is C13H20N2O4S. The summed E-state index contributed by atoms with van der Waals surface area (Å²) < 4.78 is 5.30. The molecule has 0 aliphatic heterocycles. The molecule has 1 aromatic carbocycles. The lowest BCUT2D eigenvalue weighted by molar-refractivity contribution is -0.385. The number of rotatable bonds is 10. The second kappa shape index (κ2) is 9.57. The van der Waals surface area contributed by atoms with Gasteiger partial charge in [0.1, 0.15) is 12.7 Å². The molecule has 112 valence electrons. The maximum absolute atomic E-state index is 10.8. The number of nitrogens with zero attached hydrogens (tertiary/aromatic N) is 1. The molecule has 0 radical (unpaired) electrons. The minimum absolute atomic E-state index is 0.0266. The largest absolute Gasteiger partial charge is 0.484 e. The summed E-state index contributed by atoms with van der Waals surface area (Å²) >= 11 is 1.82. The number of hydrogen-bond acceptors (Lipinski definition) is 6. The zero-order chi connectivity index (χ0) is 14.8. The van der Waals surface area contributed by atoms with E-state index >= 15 is 0 Å². The van der Waals surface area contributed by atoms with Crippen LogP contribution in [0.15, 0.2) is 24.3 Å². The van der Waals surface area contributed by atoms with Crippen LogP contribution >= 0.6 is 11.8 Å². The van der Waals surface area contributed by atoms with Crippen LogP contribution < -0.4 is 10.1 Å². The fourth-order valence-corrected chi connectivity index (χ4v) is 2.11. The predicted molar refractivity (Wildman–Crippen MR) is 80.5 cm³/mol. The van der Waals surface area contributed by atoms with E-state index in [1.807, 2.05) is 11.8 Å². The van der Waals surface area contributed by atoms with Gasteiger partial charge in [-0.2, -0.15) is 11.8 Å². The van der Waals surface area contributed by atoms with Crippen molar-refractivity contribution in [1.82, 2.24) is 5.32 Å². The van der Waals surface area contributed by atoms with E-state index in [4.69, 9.17) is 4.74 Å². The van der Waals surface area contributed by atoms with E-state index in [9.17, 15) is 15.2 Å². The molecule has 0 saturated heterocycles. The first kappa shape index (κ1) is 16.7. The Kier molecular flexibility index (Phi) is 8.01. The summed E-state index contributed by atoms with van der Waals surface area (Å²) in [5.41, 5.74) is -0.0907. The van der Waals surface area contributed by atoms with Crippen LogP contribution in [0.25, 0.3) is 0 Å². The molecule has 0 amide bonds. The third-order valence-electron chi connectivity index (χ3n) is 2.50. The number of aliphatic hydroxyl groups is 1. The Morgan fingerprint density at radius 3 is 2.95 bits per heavy atom. The monoisotopic (exact) mass is 300 g/mol. The number of aliphatic hydroxyl groups excluding tert-OH is 1. The van der Waals surface area contributed by atoms with E-state index in [1.54, 1.807) is 12.1 Å². The van der Waals surface area contributed by atoms with Crippen molar-refractivity contribution in [3.05, 3.63) is 34.4 Å². The number of benzene rings is 1. The average Bonchev–Trinajstić information content (AvgIpc) is 2.45. The summed E-state index contributed by atoms with van der Waals surface area (Å²) in [6, 6.07) is 6.14. The normalized spacial score (nSPS) is 12.1. The van der Waals surface area contributed by atoms with Gasteiger partial charge in [-0.3, -0.25) is 10.1 Å². The SMILES string of the molecule is CCSCCNC[C@H](O)COc1ccccc1[N+](=O)[O-]. The van der Waals surface area contributed by atoms with Crippen LogP contribution in [-0.4, -0.2) is 47.3 Å². The Balaban J connectivity index is 2.30. The first-order valence-corrected chi connectivity index (χ1v) is 7.63. The Labute approximate surface area is 122 Å². The lowest BCUT2D eigenvalue weighted by Gasteiger charge is -2.13. The molecule has 0 saturated carbocycles. The molecule has 0 aliphatic carbocycles. The molecule has 0 spiro atoms. The van der Waals surface area contributed by atoms with Crippen LogP contribution in [0.1, 0.15) is 6.92 Å². The van der Waals surface area contributed by atoms with Crippen molar-refractivity contribution in [2.24, 2.45) is 0 Å². The van der Waals surface area contributed by atoms with Crippen molar-refractivity contribution in [2.75, 3.05) is 31.2 Å². The van der Waals surface area contributed by atoms with Gasteiger partial charge in [0, 0.05) is 24.9 Å². The lowest BCUT2D eigenvalue weighted by Crippen LogP contribution is -2.32. The summed E-state index contributed by atoms with van der Waals surface area (Å²) in [5, 5.41) is 23.6. The fourth-order valence-electron chi connectivity index (χ4n) is 1.53. The van der Waals surface area contributed by atoms with Crippen molar-refractivity contribution >= 4 is 17.4 Å². The van der Waals surface area contributed by atoms with Crippen molar-refractivity contribution in [2.45, 2.75) is 13.0 Å². The van der Waals surface area contributed by atoms with Gasteiger partial charge in [0.15, 0.2) is 5.75 Å². The molecule has 0 fully saturated rings. The molecule has 0 aromatic heterocycles. The van der Waals surface area contributed by atoms with E-state index in [0.29, 0.717) is 6.54 Å². The topological polar surface area (TPSA) is 84.6 Å². The van der Waals surface area contributed by atoms with Crippen molar-refractivity contribution < 1.29 is 14.8 Å². The van der Waals surface area contributed by atoms with Gasteiger partial charge >= 0.3 is 5.69 Å². The molecule has 7 heteroatoms. The number of hydrogen-bond donors (Lipinski definition) is 2. The van der Waals surface area contributed by atoms with E-state index in [0.717, 1.165) is 18.1 Å². The second-order valence-electron chi connectivity index (χ2n) is 4.09. The Bertz CT molecular complexity index is 417. The Morgan fingerprint density at radius 1 is 1.50 bits per heavy atom. The molecule has 0 aliphatic rings. The Hall–Kier alpha value is -1.31. The van der Waals surface area contributed by atoms with Gasteiger partial charge in [0.05, 0.1) is 4.92 Å². The first-order chi connectivity index (χ1) is 9.65. The highest BCUT2D eigenvalue weighted by Crippen LogP contribution is 2.25. The third-order valence-corrected chi connectivity index (χ3v) is 3.40. The summed E-state index contributed by atoms with van der Waals surface area (Å²) in [7, 11) is 0. The zero-order valence-electron chi connectivity index (χ0n) is 11.4. The quantitative estimate of drug-likeness (QED) is 0.388. The number of nitrogens with one attached hydrogen (secondary N) is 1. The van der Waals surface area contributed by atoms with Gasteiger partial charge in [-0.1, -0.05) is 19.1 Å². The highest BCUT2D eigenvalue weighted by Gasteiger charge is 2.14. The van der Waals surface area contributed by atoms with E-state index in [1.165, 1.54) is 12.1 Å². The van der Waals surface area contributed by atoms with Crippen molar-refractivity contribution in [3.63, 3.8) is 0 Å². The average molecular weight is 300 g/mol. The molecule has 0 bridgehead atoms. The summed E-state index contributed by atoms with van der Waals surface area (Å²) in [6.07, 6.45) is -0.693. The molecule has 2 N–H and O–H groups in total. The van der Waals surface area contributed by atoms with Crippen LogP contribution in [0.5, 0.6) is 5.75 Å². The van der Waals surface area contributed by atoms with Gasteiger partial charge in [0.25, 0.3) is 0 Å². The maximum atomic E-state index is 10.8. The molecule has 1 atom stereocenters. The molecule has 1 rings (SSSR count). The number of nitro benzene ring substituents is 1. The highest BCUT2D eigenvalue weighted by atomic mass is 32.2. The number of thioether (sulfide) groups is 1. The van der Waals surface area contributed by atoms with Gasteiger partial charge in [-0.15, -0.1) is 0 Å².